The summed E-state index contributed by atoms with van der Waals surface area (Å²) >= 11 is 0. The number of methoxy groups -OCH3 is 1. The molecular weight excluding hydrogens is 300 g/mol. The van der Waals surface area contributed by atoms with Crippen LogP contribution in [0.1, 0.15) is 18.4 Å². The molecule has 0 saturated carbocycles. The molecule has 0 amide bonds. The molecule has 1 aliphatic rings. The zero-order valence-corrected chi connectivity index (χ0v) is 13.1. The van der Waals surface area contributed by atoms with Crippen LogP contribution in [0.2, 0.25) is 0 Å². The second-order valence-electron chi connectivity index (χ2n) is 4.73. The SMILES string of the molecule is COCc1cccc(S(=O)(=O)NC2CCNCC2)c1.Cl. The summed E-state index contributed by atoms with van der Waals surface area (Å²) in [7, 11) is -1.84. The number of rotatable bonds is 5. The van der Waals surface area contributed by atoms with Crippen LogP contribution < -0.4 is 10.0 Å². The van der Waals surface area contributed by atoms with Crippen LogP contribution >= 0.6 is 12.4 Å². The van der Waals surface area contributed by atoms with Crippen molar-refractivity contribution in [2.45, 2.75) is 30.4 Å². The first-order valence-electron chi connectivity index (χ1n) is 6.43. The van der Waals surface area contributed by atoms with Crippen LogP contribution in [0, 0.1) is 0 Å². The Morgan fingerprint density at radius 2 is 2.05 bits per heavy atom. The number of piperidine rings is 1. The van der Waals surface area contributed by atoms with Gasteiger partial charge in [-0.25, -0.2) is 13.1 Å². The second kappa shape index (κ2) is 7.95. The molecule has 0 aliphatic carbocycles. The van der Waals surface area contributed by atoms with E-state index in [4.69, 9.17) is 4.74 Å². The third-order valence-corrected chi connectivity index (χ3v) is 4.70. The molecule has 2 N–H and O–H groups in total. The number of benzene rings is 1. The molecule has 2 rings (SSSR count). The fourth-order valence-corrected chi connectivity index (χ4v) is 3.57. The number of nitrogens with one attached hydrogen (secondary N) is 2. The smallest absolute Gasteiger partial charge is 0.240 e. The quantitative estimate of drug-likeness (QED) is 0.858. The molecule has 0 unspecified atom stereocenters. The summed E-state index contributed by atoms with van der Waals surface area (Å²) in [5.74, 6) is 0. The first-order valence-corrected chi connectivity index (χ1v) is 7.91. The van der Waals surface area contributed by atoms with Gasteiger partial charge in [0.05, 0.1) is 11.5 Å². The van der Waals surface area contributed by atoms with Crippen LogP contribution in [0.15, 0.2) is 29.2 Å². The lowest BCUT2D eigenvalue weighted by Crippen LogP contribution is -2.42. The van der Waals surface area contributed by atoms with Gasteiger partial charge in [-0.2, -0.15) is 0 Å². The highest BCUT2D eigenvalue weighted by Crippen LogP contribution is 2.14. The first-order chi connectivity index (χ1) is 9.12. The van der Waals surface area contributed by atoms with Gasteiger partial charge in [-0.1, -0.05) is 12.1 Å². The third-order valence-electron chi connectivity index (χ3n) is 3.18. The highest BCUT2D eigenvalue weighted by Gasteiger charge is 2.21. The molecule has 7 heteroatoms. The van der Waals surface area contributed by atoms with Crippen molar-refractivity contribution in [3.8, 4) is 0 Å². The Labute approximate surface area is 126 Å². The summed E-state index contributed by atoms with van der Waals surface area (Å²) in [5, 5.41) is 3.21. The van der Waals surface area contributed by atoms with E-state index >= 15 is 0 Å². The van der Waals surface area contributed by atoms with E-state index in [0.717, 1.165) is 31.5 Å². The lowest BCUT2D eigenvalue weighted by molar-refractivity contribution is 0.184. The van der Waals surface area contributed by atoms with E-state index in [0.29, 0.717) is 11.5 Å². The van der Waals surface area contributed by atoms with E-state index in [1.807, 2.05) is 6.07 Å². The Kier molecular flexibility index (Phi) is 6.91. The monoisotopic (exact) mass is 320 g/mol. The standard InChI is InChI=1S/C13H20N2O3S.ClH/c1-18-10-11-3-2-4-13(9-11)19(16,17)15-12-5-7-14-8-6-12;/h2-4,9,12,14-15H,5-8,10H2,1H3;1H. The minimum Gasteiger partial charge on any atom is -0.380 e. The van der Waals surface area contributed by atoms with Crippen LogP contribution in [0.5, 0.6) is 0 Å². The van der Waals surface area contributed by atoms with Gasteiger partial charge in [-0.15, -0.1) is 12.4 Å². The number of sulfonamides is 1. The molecule has 20 heavy (non-hydrogen) atoms. The first kappa shape index (κ1) is 17.4. The van der Waals surface area contributed by atoms with Gasteiger partial charge in [0, 0.05) is 13.2 Å². The zero-order valence-electron chi connectivity index (χ0n) is 11.5. The van der Waals surface area contributed by atoms with E-state index in [-0.39, 0.29) is 18.4 Å². The van der Waals surface area contributed by atoms with Crippen molar-refractivity contribution < 1.29 is 13.2 Å². The Morgan fingerprint density at radius 1 is 1.35 bits per heavy atom. The Balaban J connectivity index is 0.00000200. The summed E-state index contributed by atoms with van der Waals surface area (Å²) in [5.41, 5.74) is 0.857. The molecule has 0 radical (unpaired) electrons. The summed E-state index contributed by atoms with van der Waals surface area (Å²) < 4.78 is 32.4. The third kappa shape index (κ3) is 4.71. The fourth-order valence-electron chi connectivity index (χ4n) is 2.20. The minimum absolute atomic E-state index is 0. The van der Waals surface area contributed by atoms with Gasteiger partial charge in [-0.3, -0.25) is 0 Å². The van der Waals surface area contributed by atoms with Crippen molar-refractivity contribution in [2.24, 2.45) is 0 Å². The average molecular weight is 321 g/mol. The van der Waals surface area contributed by atoms with Crippen LogP contribution in [0.3, 0.4) is 0 Å². The van der Waals surface area contributed by atoms with Crippen molar-refractivity contribution >= 4 is 22.4 Å². The molecule has 1 aromatic carbocycles. The number of hydrogen-bond acceptors (Lipinski definition) is 4. The van der Waals surface area contributed by atoms with Crippen LogP contribution in [0.4, 0.5) is 0 Å². The maximum Gasteiger partial charge on any atom is 0.240 e. The number of hydrogen-bond donors (Lipinski definition) is 2. The molecule has 5 nitrogen and oxygen atoms in total. The van der Waals surface area contributed by atoms with Gasteiger partial charge in [0.2, 0.25) is 10.0 Å². The Bertz CT molecular complexity index is 516. The molecule has 0 spiro atoms. The summed E-state index contributed by atoms with van der Waals surface area (Å²) in [6.07, 6.45) is 1.66. The van der Waals surface area contributed by atoms with Gasteiger partial charge in [0.1, 0.15) is 0 Å². The zero-order chi connectivity index (χ0) is 13.7. The molecule has 1 heterocycles. The predicted molar refractivity (Wildman–Crippen MR) is 80.6 cm³/mol. The van der Waals surface area contributed by atoms with Crippen LogP contribution in [-0.2, 0) is 21.4 Å². The van der Waals surface area contributed by atoms with E-state index in [9.17, 15) is 8.42 Å². The fraction of sp³-hybridized carbons (Fsp3) is 0.538. The Morgan fingerprint density at radius 3 is 2.70 bits per heavy atom. The minimum atomic E-state index is -3.43. The molecular formula is C13H21ClN2O3S. The molecule has 0 bridgehead atoms. The van der Waals surface area contributed by atoms with E-state index in [1.165, 1.54) is 0 Å². The van der Waals surface area contributed by atoms with Crippen molar-refractivity contribution in [3.05, 3.63) is 29.8 Å². The molecule has 1 fully saturated rings. The highest BCUT2D eigenvalue weighted by atomic mass is 35.5. The summed E-state index contributed by atoms with van der Waals surface area (Å²) in [6, 6.07) is 6.89. The van der Waals surface area contributed by atoms with Crippen molar-refractivity contribution in [1.82, 2.24) is 10.0 Å². The van der Waals surface area contributed by atoms with Gasteiger partial charge in [-0.05, 0) is 43.6 Å². The van der Waals surface area contributed by atoms with Gasteiger partial charge < -0.3 is 10.1 Å². The average Bonchev–Trinajstić information content (AvgIpc) is 2.40. The maximum atomic E-state index is 12.3. The second-order valence-corrected chi connectivity index (χ2v) is 6.44. The summed E-state index contributed by atoms with van der Waals surface area (Å²) in [6.45, 7) is 2.13. The molecule has 1 aromatic rings. The molecule has 0 aromatic heterocycles. The normalized spacial score (nSPS) is 16.6. The van der Waals surface area contributed by atoms with Gasteiger partial charge >= 0.3 is 0 Å². The lowest BCUT2D eigenvalue weighted by Gasteiger charge is -2.23. The van der Waals surface area contributed by atoms with Crippen LogP contribution in [0.25, 0.3) is 0 Å². The van der Waals surface area contributed by atoms with Crippen LogP contribution in [-0.4, -0.2) is 34.7 Å². The molecule has 0 atom stereocenters. The highest BCUT2D eigenvalue weighted by molar-refractivity contribution is 7.89. The predicted octanol–water partition coefficient (Wildman–Crippen LogP) is 1.29. The van der Waals surface area contributed by atoms with Crippen molar-refractivity contribution in [1.29, 1.82) is 0 Å². The molecule has 1 aliphatic heterocycles. The molecule has 1 saturated heterocycles. The molecule has 114 valence electrons. The van der Waals surface area contributed by atoms with E-state index in [2.05, 4.69) is 10.0 Å². The van der Waals surface area contributed by atoms with Gasteiger partial charge in [0.15, 0.2) is 0 Å². The maximum absolute atomic E-state index is 12.3. The van der Waals surface area contributed by atoms with Crippen molar-refractivity contribution in [3.63, 3.8) is 0 Å². The summed E-state index contributed by atoms with van der Waals surface area (Å²) in [4.78, 5) is 0.306. The Hall–Kier alpha value is -0.660. The van der Waals surface area contributed by atoms with E-state index in [1.54, 1.807) is 25.3 Å². The van der Waals surface area contributed by atoms with Crippen molar-refractivity contribution in [2.75, 3.05) is 20.2 Å². The topological polar surface area (TPSA) is 67.4 Å². The van der Waals surface area contributed by atoms with Gasteiger partial charge in [0.25, 0.3) is 0 Å². The van der Waals surface area contributed by atoms with E-state index < -0.39 is 10.0 Å². The largest absolute Gasteiger partial charge is 0.380 e. The number of halogens is 1. The lowest BCUT2D eigenvalue weighted by atomic mass is 10.1. The number of ether oxygens (including phenoxy) is 1.